The second-order valence-electron chi connectivity index (χ2n) is 4.39. The zero-order valence-corrected chi connectivity index (χ0v) is 12.2. The van der Waals surface area contributed by atoms with Crippen LogP contribution in [0, 0.1) is 6.92 Å². The van der Waals surface area contributed by atoms with Crippen molar-refractivity contribution >= 4 is 22.3 Å². The van der Waals surface area contributed by atoms with Gasteiger partial charge in [-0.1, -0.05) is 17.9 Å². The van der Waals surface area contributed by atoms with Crippen LogP contribution in [0.25, 0.3) is 4.96 Å². The molecular formula is C13H13N5O2S. The van der Waals surface area contributed by atoms with Crippen molar-refractivity contribution in [2.45, 2.75) is 13.5 Å². The normalized spacial score (nSPS) is 10.9. The van der Waals surface area contributed by atoms with Gasteiger partial charge in [0.2, 0.25) is 0 Å². The van der Waals surface area contributed by atoms with E-state index in [0.717, 1.165) is 10.7 Å². The highest BCUT2D eigenvalue weighted by Crippen LogP contribution is 2.13. The summed E-state index contributed by atoms with van der Waals surface area (Å²) in [6.45, 7) is 5.89. The van der Waals surface area contributed by atoms with Crippen LogP contribution in [0.1, 0.15) is 21.9 Å². The Hall–Kier alpha value is -2.48. The lowest BCUT2D eigenvalue weighted by molar-refractivity contribution is 0.0542. The molecule has 21 heavy (non-hydrogen) atoms. The second-order valence-corrected chi connectivity index (χ2v) is 5.27. The Bertz CT molecular complexity index is 772. The van der Waals surface area contributed by atoms with E-state index in [9.17, 15) is 4.79 Å². The number of imidazole rings is 1. The van der Waals surface area contributed by atoms with Gasteiger partial charge in [-0.2, -0.15) is 0 Å². The van der Waals surface area contributed by atoms with Gasteiger partial charge in [0, 0.05) is 17.8 Å². The maximum Gasteiger partial charge on any atom is 0.361 e. The summed E-state index contributed by atoms with van der Waals surface area (Å²) in [7, 11) is 0. The van der Waals surface area contributed by atoms with E-state index >= 15 is 0 Å². The van der Waals surface area contributed by atoms with E-state index in [4.69, 9.17) is 4.74 Å². The van der Waals surface area contributed by atoms with Crippen molar-refractivity contribution in [3.8, 4) is 0 Å². The minimum Gasteiger partial charge on any atom is -0.457 e. The summed E-state index contributed by atoms with van der Waals surface area (Å²) >= 11 is 1.57. The molecule has 0 saturated carbocycles. The lowest BCUT2D eigenvalue weighted by Crippen LogP contribution is -2.09. The summed E-state index contributed by atoms with van der Waals surface area (Å²) in [6.07, 6.45) is 5.39. The van der Waals surface area contributed by atoms with Crippen LogP contribution in [0.5, 0.6) is 0 Å². The van der Waals surface area contributed by atoms with Crippen molar-refractivity contribution in [2.75, 3.05) is 6.61 Å². The molecule has 0 bridgehead atoms. The van der Waals surface area contributed by atoms with Gasteiger partial charge < -0.3 is 4.74 Å². The number of esters is 1. The van der Waals surface area contributed by atoms with Crippen LogP contribution in [-0.4, -0.2) is 37.0 Å². The van der Waals surface area contributed by atoms with Crippen molar-refractivity contribution in [3.05, 3.63) is 47.5 Å². The lowest BCUT2D eigenvalue weighted by Gasteiger charge is -2.01. The summed E-state index contributed by atoms with van der Waals surface area (Å²) < 4.78 is 8.55. The van der Waals surface area contributed by atoms with Gasteiger partial charge in [0.15, 0.2) is 10.7 Å². The van der Waals surface area contributed by atoms with Crippen molar-refractivity contribution in [1.29, 1.82) is 0 Å². The van der Waals surface area contributed by atoms with Crippen LogP contribution < -0.4 is 0 Å². The van der Waals surface area contributed by atoms with Crippen molar-refractivity contribution in [2.24, 2.45) is 0 Å². The van der Waals surface area contributed by atoms with E-state index in [-0.39, 0.29) is 12.3 Å². The molecule has 3 aromatic rings. The molecule has 3 heterocycles. The first-order valence-corrected chi connectivity index (χ1v) is 7.16. The van der Waals surface area contributed by atoms with Gasteiger partial charge >= 0.3 is 5.97 Å². The molecule has 0 atom stereocenters. The Morgan fingerprint density at radius 1 is 1.57 bits per heavy atom. The summed E-state index contributed by atoms with van der Waals surface area (Å²) in [5, 5.41) is 9.84. The van der Waals surface area contributed by atoms with Gasteiger partial charge in [-0.25, -0.2) is 14.5 Å². The van der Waals surface area contributed by atoms with E-state index in [2.05, 4.69) is 21.9 Å². The Labute approximate surface area is 124 Å². The largest absolute Gasteiger partial charge is 0.457 e. The minimum atomic E-state index is -0.496. The second kappa shape index (κ2) is 5.49. The molecule has 0 amide bonds. The monoisotopic (exact) mass is 303 g/mol. The number of fused-ring (bicyclic) bond motifs is 1. The van der Waals surface area contributed by atoms with Gasteiger partial charge in [-0.05, 0) is 6.92 Å². The predicted octanol–water partition coefficient (Wildman–Crippen LogP) is 1.69. The smallest absolute Gasteiger partial charge is 0.361 e. The SMILES string of the molecule is C=CCOC(=O)c1nnn(Cc2cn3ccsc3n2)c1C. The van der Waals surface area contributed by atoms with Crippen molar-refractivity contribution < 1.29 is 9.53 Å². The summed E-state index contributed by atoms with van der Waals surface area (Å²) in [5.41, 5.74) is 1.74. The third-order valence-corrected chi connectivity index (χ3v) is 3.73. The molecule has 0 saturated heterocycles. The molecule has 0 spiro atoms. The highest BCUT2D eigenvalue weighted by atomic mass is 32.1. The van der Waals surface area contributed by atoms with Crippen LogP contribution in [0.4, 0.5) is 0 Å². The Balaban J connectivity index is 1.80. The van der Waals surface area contributed by atoms with E-state index in [1.165, 1.54) is 6.08 Å². The fourth-order valence-corrected chi connectivity index (χ4v) is 2.63. The zero-order valence-electron chi connectivity index (χ0n) is 11.4. The topological polar surface area (TPSA) is 74.3 Å². The average Bonchev–Trinajstić information content (AvgIpc) is 3.13. The molecule has 0 aromatic carbocycles. The van der Waals surface area contributed by atoms with Crippen LogP contribution in [0.3, 0.4) is 0 Å². The quantitative estimate of drug-likeness (QED) is 0.529. The Morgan fingerprint density at radius 3 is 3.19 bits per heavy atom. The van der Waals surface area contributed by atoms with E-state index < -0.39 is 5.97 Å². The molecule has 0 fully saturated rings. The average molecular weight is 303 g/mol. The van der Waals surface area contributed by atoms with Gasteiger partial charge in [-0.15, -0.1) is 16.4 Å². The highest BCUT2D eigenvalue weighted by Gasteiger charge is 2.18. The van der Waals surface area contributed by atoms with Crippen molar-refractivity contribution in [3.63, 3.8) is 0 Å². The Kier molecular flexibility index (Phi) is 3.53. The maximum atomic E-state index is 11.8. The van der Waals surface area contributed by atoms with Gasteiger partial charge in [0.25, 0.3) is 0 Å². The first-order valence-electron chi connectivity index (χ1n) is 6.28. The molecule has 7 nitrogen and oxygen atoms in total. The molecule has 0 aliphatic rings. The number of nitrogens with zero attached hydrogens (tertiary/aromatic N) is 5. The molecule has 3 aromatic heterocycles. The summed E-state index contributed by atoms with van der Waals surface area (Å²) in [6, 6.07) is 0. The number of hydrogen-bond donors (Lipinski definition) is 0. The fourth-order valence-electron chi connectivity index (χ4n) is 1.91. The van der Waals surface area contributed by atoms with Crippen LogP contribution in [0.15, 0.2) is 30.4 Å². The molecular weight excluding hydrogens is 290 g/mol. The molecule has 108 valence electrons. The number of thiazole rings is 1. The van der Waals surface area contributed by atoms with Crippen LogP contribution >= 0.6 is 11.3 Å². The van der Waals surface area contributed by atoms with Gasteiger partial charge in [0.1, 0.15) is 6.61 Å². The van der Waals surface area contributed by atoms with Crippen LogP contribution in [-0.2, 0) is 11.3 Å². The minimum absolute atomic E-state index is 0.155. The molecule has 0 aliphatic carbocycles. The first kappa shape index (κ1) is 13.5. The lowest BCUT2D eigenvalue weighted by atomic mass is 10.3. The predicted molar refractivity (Wildman–Crippen MR) is 77.4 cm³/mol. The third kappa shape index (κ3) is 2.57. The molecule has 0 unspecified atom stereocenters. The van der Waals surface area contributed by atoms with Gasteiger partial charge in [-0.3, -0.25) is 4.40 Å². The maximum absolute atomic E-state index is 11.8. The third-order valence-electron chi connectivity index (χ3n) is 2.96. The van der Waals surface area contributed by atoms with Crippen LogP contribution in [0.2, 0.25) is 0 Å². The number of ether oxygens (including phenoxy) is 1. The number of rotatable bonds is 5. The molecule has 0 radical (unpaired) electrons. The van der Waals surface area contributed by atoms with E-state index in [0.29, 0.717) is 12.2 Å². The molecule has 0 aliphatic heterocycles. The fraction of sp³-hybridized carbons (Fsp3) is 0.231. The number of hydrogen-bond acceptors (Lipinski definition) is 6. The zero-order chi connectivity index (χ0) is 14.8. The highest BCUT2D eigenvalue weighted by molar-refractivity contribution is 7.15. The Morgan fingerprint density at radius 2 is 2.43 bits per heavy atom. The number of aromatic nitrogens is 5. The van der Waals surface area contributed by atoms with Crippen molar-refractivity contribution in [1.82, 2.24) is 24.4 Å². The molecule has 8 heteroatoms. The molecule has 3 rings (SSSR count). The first-order chi connectivity index (χ1) is 10.2. The molecule has 0 N–H and O–H groups in total. The number of carbonyl (C=O) groups is 1. The number of carbonyl (C=O) groups excluding carboxylic acids is 1. The van der Waals surface area contributed by atoms with E-state index in [1.807, 2.05) is 22.2 Å². The summed E-state index contributed by atoms with van der Waals surface area (Å²) in [4.78, 5) is 17.2. The van der Waals surface area contributed by atoms with Gasteiger partial charge in [0.05, 0.1) is 17.9 Å². The van der Waals surface area contributed by atoms with E-state index in [1.54, 1.807) is 22.9 Å². The standard InChI is InChI=1S/C13H13N5O2S/c1-3-5-20-12(19)11-9(2)18(16-15-11)8-10-7-17-4-6-21-13(17)14-10/h3-4,6-7H,1,5,8H2,2H3. The summed E-state index contributed by atoms with van der Waals surface area (Å²) in [5.74, 6) is -0.496.